The van der Waals surface area contributed by atoms with Crippen molar-refractivity contribution in [3.8, 4) is 11.8 Å². The van der Waals surface area contributed by atoms with Crippen LogP contribution in [0.4, 0.5) is 0 Å². The second-order valence-corrected chi connectivity index (χ2v) is 4.32. The van der Waals surface area contributed by atoms with Crippen LogP contribution in [-0.2, 0) is 0 Å². The maximum absolute atomic E-state index is 3.16. The zero-order chi connectivity index (χ0) is 11.1. The summed E-state index contributed by atoms with van der Waals surface area (Å²) in [5, 5.41) is 0. The Kier molecular flexibility index (Phi) is 4.10. The highest BCUT2D eigenvalue weighted by Crippen LogP contribution is 2.15. The Balaban J connectivity index is 1.87. The second kappa shape index (κ2) is 6.05. The van der Waals surface area contributed by atoms with Gasteiger partial charge in [-0.15, -0.1) is 11.8 Å². The Bertz CT molecular complexity index is 477. The van der Waals surface area contributed by atoms with Gasteiger partial charge in [-0.2, -0.15) is 0 Å². The van der Waals surface area contributed by atoms with E-state index in [1.54, 1.807) is 11.8 Å². The summed E-state index contributed by atoms with van der Waals surface area (Å²) in [5.41, 5.74) is 1.08. The van der Waals surface area contributed by atoms with Crippen molar-refractivity contribution in [3.05, 3.63) is 66.2 Å². The van der Waals surface area contributed by atoms with Crippen LogP contribution >= 0.6 is 11.8 Å². The molecule has 0 N–H and O–H groups in total. The molecule has 0 radical (unpaired) electrons. The summed E-state index contributed by atoms with van der Waals surface area (Å²) >= 11 is 1.77. The highest BCUT2D eigenvalue weighted by atomic mass is 32.2. The molecule has 2 aromatic rings. The topological polar surface area (TPSA) is 0 Å². The predicted molar refractivity (Wildman–Crippen MR) is 70.5 cm³/mol. The van der Waals surface area contributed by atoms with Crippen LogP contribution in [-0.4, -0.2) is 5.75 Å². The molecular weight excluding hydrogens is 212 g/mol. The van der Waals surface area contributed by atoms with E-state index in [9.17, 15) is 0 Å². The first-order chi connectivity index (χ1) is 7.95. The molecule has 16 heavy (non-hydrogen) atoms. The van der Waals surface area contributed by atoms with E-state index in [-0.39, 0.29) is 0 Å². The van der Waals surface area contributed by atoms with Crippen molar-refractivity contribution < 1.29 is 0 Å². The first-order valence-electron chi connectivity index (χ1n) is 5.17. The van der Waals surface area contributed by atoms with E-state index >= 15 is 0 Å². The Morgan fingerprint density at radius 2 is 1.44 bits per heavy atom. The van der Waals surface area contributed by atoms with Crippen LogP contribution in [0, 0.1) is 11.8 Å². The van der Waals surface area contributed by atoms with E-state index in [1.807, 2.05) is 48.5 Å². The Morgan fingerprint density at radius 1 is 0.812 bits per heavy atom. The first kappa shape index (κ1) is 10.9. The summed E-state index contributed by atoms with van der Waals surface area (Å²) in [4.78, 5) is 1.27. The summed E-state index contributed by atoms with van der Waals surface area (Å²) in [6.45, 7) is 0. The average Bonchev–Trinajstić information content (AvgIpc) is 2.37. The molecule has 0 nitrogen and oxygen atoms in total. The van der Waals surface area contributed by atoms with Crippen molar-refractivity contribution in [2.75, 3.05) is 5.75 Å². The largest absolute Gasteiger partial charge is 0.113 e. The maximum Gasteiger partial charge on any atom is 0.0598 e. The van der Waals surface area contributed by atoms with Gasteiger partial charge in [-0.1, -0.05) is 48.2 Å². The molecule has 0 atom stereocenters. The van der Waals surface area contributed by atoms with Crippen LogP contribution in [0.1, 0.15) is 5.56 Å². The normalized spacial score (nSPS) is 9.25. The molecule has 0 aromatic heterocycles. The molecule has 2 rings (SSSR count). The second-order valence-electron chi connectivity index (χ2n) is 3.27. The van der Waals surface area contributed by atoms with Gasteiger partial charge in [-0.25, -0.2) is 0 Å². The van der Waals surface area contributed by atoms with Crippen molar-refractivity contribution in [1.82, 2.24) is 0 Å². The van der Waals surface area contributed by atoms with Crippen LogP contribution in [0.2, 0.25) is 0 Å². The van der Waals surface area contributed by atoms with E-state index < -0.39 is 0 Å². The molecule has 0 unspecified atom stereocenters. The summed E-state index contributed by atoms with van der Waals surface area (Å²) < 4.78 is 0. The molecule has 0 fully saturated rings. The summed E-state index contributed by atoms with van der Waals surface area (Å²) in [7, 11) is 0. The van der Waals surface area contributed by atoms with Gasteiger partial charge in [0.1, 0.15) is 0 Å². The molecule has 0 aliphatic heterocycles. The monoisotopic (exact) mass is 224 g/mol. The van der Waals surface area contributed by atoms with Crippen LogP contribution in [0.25, 0.3) is 0 Å². The third kappa shape index (κ3) is 3.49. The molecule has 0 saturated heterocycles. The van der Waals surface area contributed by atoms with Crippen LogP contribution in [0.5, 0.6) is 0 Å². The predicted octanol–water partition coefficient (Wildman–Crippen LogP) is 3.83. The third-order valence-corrected chi connectivity index (χ3v) is 2.95. The van der Waals surface area contributed by atoms with E-state index in [2.05, 4.69) is 24.0 Å². The maximum atomic E-state index is 3.16. The molecule has 1 heteroatoms. The minimum absolute atomic E-state index is 0.832. The lowest BCUT2D eigenvalue weighted by atomic mass is 10.2. The van der Waals surface area contributed by atoms with Gasteiger partial charge in [0, 0.05) is 10.5 Å². The quantitative estimate of drug-likeness (QED) is 0.552. The molecule has 0 aliphatic rings. The van der Waals surface area contributed by atoms with Gasteiger partial charge in [0.2, 0.25) is 0 Å². The van der Waals surface area contributed by atoms with Gasteiger partial charge in [-0.3, -0.25) is 0 Å². The third-order valence-electron chi connectivity index (χ3n) is 2.06. The lowest BCUT2D eigenvalue weighted by molar-refractivity contribution is 1.46. The minimum atomic E-state index is 0.832. The fourth-order valence-corrected chi connectivity index (χ4v) is 1.96. The van der Waals surface area contributed by atoms with Crippen LogP contribution in [0.15, 0.2) is 65.6 Å². The lowest BCUT2D eigenvalue weighted by Crippen LogP contribution is -1.75. The fourth-order valence-electron chi connectivity index (χ4n) is 1.30. The first-order valence-corrected chi connectivity index (χ1v) is 6.15. The summed E-state index contributed by atoms with van der Waals surface area (Å²) in [6, 6.07) is 20.4. The molecule has 78 valence electrons. The van der Waals surface area contributed by atoms with Gasteiger partial charge in [0.25, 0.3) is 0 Å². The van der Waals surface area contributed by atoms with Crippen molar-refractivity contribution in [1.29, 1.82) is 0 Å². The summed E-state index contributed by atoms with van der Waals surface area (Å²) in [6.07, 6.45) is 0. The molecule has 0 saturated carbocycles. The number of hydrogen-bond donors (Lipinski definition) is 0. The number of rotatable bonds is 2. The number of benzene rings is 2. The van der Waals surface area contributed by atoms with Crippen LogP contribution in [0.3, 0.4) is 0 Å². The van der Waals surface area contributed by atoms with Gasteiger partial charge >= 0.3 is 0 Å². The molecule has 0 heterocycles. The number of thioether (sulfide) groups is 1. The van der Waals surface area contributed by atoms with Gasteiger partial charge in [-0.05, 0) is 24.3 Å². The van der Waals surface area contributed by atoms with E-state index in [0.717, 1.165) is 11.3 Å². The molecule has 0 bridgehead atoms. The standard InChI is InChI=1S/C15H12S/c1-3-8-14(9-4-1)10-7-13-16-15-11-5-2-6-12-15/h1-6,8-9,11-12H,13H2. The zero-order valence-corrected chi connectivity index (χ0v) is 9.71. The number of hydrogen-bond acceptors (Lipinski definition) is 1. The van der Waals surface area contributed by atoms with E-state index in [1.165, 1.54) is 4.90 Å². The Hall–Kier alpha value is -1.65. The van der Waals surface area contributed by atoms with Crippen molar-refractivity contribution in [3.63, 3.8) is 0 Å². The SMILES string of the molecule is C(#Cc1ccccc1)CSc1ccccc1. The minimum Gasteiger partial charge on any atom is -0.113 e. The van der Waals surface area contributed by atoms with Crippen molar-refractivity contribution in [2.24, 2.45) is 0 Å². The van der Waals surface area contributed by atoms with Gasteiger partial charge in [0.15, 0.2) is 0 Å². The van der Waals surface area contributed by atoms with Crippen molar-refractivity contribution in [2.45, 2.75) is 4.90 Å². The smallest absolute Gasteiger partial charge is 0.0598 e. The average molecular weight is 224 g/mol. The fraction of sp³-hybridized carbons (Fsp3) is 0.0667. The highest BCUT2D eigenvalue weighted by Gasteiger charge is 1.88. The molecular formula is C15H12S. The molecule has 0 amide bonds. The molecule has 0 spiro atoms. The molecule has 2 aromatic carbocycles. The highest BCUT2D eigenvalue weighted by molar-refractivity contribution is 7.99. The zero-order valence-electron chi connectivity index (χ0n) is 8.89. The van der Waals surface area contributed by atoms with E-state index in [4.69, 9.17) is 0 Å². The van der Waals surface area contributed by atoms with Crippen LogP contribution < -0.4 is 0 Å². The van der Waals surface area contributed by atoms with Crippen molar-refractivity contribution >= 4 is 11.8 Å². The Morgan fingerprint density at radius 3 is 2.12 bits per heavy atom. The lowest BCUT2D eigenvalue weighted by Gasteiger charge is -1.94. The molecule has 0 aliphatic carbocycles. The Labute approximate surface area is 101 Å². The van der Waals surface area contributed by atoms with Gasteiger partial charge in [0.05, 0.1) is 5.75 Å². The van der Waals surface area contributed by atoms with Gasteiger partial charge < -0.3 is 0 Å². The summed E-state index contributed by atoms with van der Waals surface area (Å²) in [5.74, 6) is 7.14. The van der Waals surface area contributed by atoms with E-state index in [0.29, 0.717) is 0 Å².